The number of ether oxygens (including phenoxy) is 1. The second-order valence-corrected chi connectivity index (χ2v) is 4.02. The third kappa shape index (κ3) is 1.63. The van der Waals surface area contributed by atoms with Crippen LogP contribution in [0, 0.1) is 0 Å². The van der Waals surface area contributed by atoms with Crippen LogP contribution in [0.25, 0.3) is 0 Å². The molecule has 2 rings (SSSR count). The summed E-state index contributed by atoms with van der Waals surface area (Å²) in [6.07, 6.45) is 1.57. The molecule has 1 aliphatic rings. The van der Waals surface area contributed by atoms with E-state index < -0.39 is 0 Å². The van der Waals surface area contributed by atoms with E-state index in [1.807, 2.05) is 6.92 Å². The lowest BCUT2D eigenvalue weighted by atomic mass is 10.1. The molecule has 0 fully saturated rings. The molecule has 0 spiro atoms. The fourth-order valence-electron chi connectivity index (χ4n) is 1.82. The summed E-state index contributed by atoms with van der Waals surface area (Å²) >= 11 is 5.97. The van der Waals surface area contributed by atoms with E-state index >= 15 is 0 Å². The van der Waals surface area contributed by atoms with Crippen molar-refractivity contribution in [2.45, 2.75) is 32.9 Å². The molecule has 1 aromatic rings. The lowest BCUT2D eigenvalue weighted by Gasteiger charge is -2.38. The van der Waals surface area contributed by atoms with Gasteiger partial charge in [-0.05, 0) is 20.8 Å². The highest BCUT2D eigenvalue weighted by Crippen LogP contribution is 2.37. The normalized spacial score (nSPS) is 24.7. The molecule has 0 radical (unpaired) electrons. The average Bonchev–Trinajstić information content (AvgIpc) is 2.22. The van der Waals surface area contributed by atoms with Crippen LogP contribution in [0.15, 0.2) is 6.33 Å². The first-order valence-corrected chi connectivity index (χ1v) is 5.46. The summed E-state index contributed by atoms with van der Waals surface area (Å²) < 4.78 is 5.71. The number of likely N-dealkylation sites (N-methyl/N-ethyl adjacent to an activating group) is 1. The van der Waals surface area contributed by atoms with Gasteiger partial charge in [-0.3, -0.25) is 0 Å². The maximum Gasteiger partial charge on any atom is 0.199 e. The molecule has 82 valence electrons. The van der Waals surface area contributed by atoms with Gasteiger partial charge in [-0.2, -0.15) is 0 Å². The van der Waals surface area contributed by atoms with Crippen molar-refractivity contribution in [3.8, 4) is 5.75 Å². The van der Waals surface area contributed by atoms with Crippen LogP contribution in [0.1, 0.15) is 20.8 Å². The van der Waals surface area contributed by atoms with Crippen LogP contribution >= 0.6 is 11.6 Å². The highest BCUT2D eigenvalue weighted by Gasteiger charge is 2.31. The zero-order valence-corrected chi connectivity index (χ0v) is 9.82. The summed E-state index contributed by atoms with van der Waals surface area (Å²) in [6, 6.07) is 0.300. The van der Waals surface area contributed by atoms with Crippen molar-refractivity contribution >= 4 is 17.4 Å². The minimum Gasteiger partial charge on any atom is -0.482 e. The van der Waals surface area contributed by atoms with E-state index in [0.29, 0.717) is 16.9 Å². The maximum atomic E-state index is 5.97. The van der Waals surface area contributed by atoms with Gasteiger partial charge in [0.25, 0.3) is 0 Å². The number of anilines is 1. The van der Waals surface area contributed by atoms with Crippen LogP contribution in [-0.4, -0.2) is 28.7 Å². The van der Waals surface area contributed by atoms with Gasteiger partial charge in [0.2, 0.25) is 0 Å². The Morgan fingerprint density at radius 3 is 2.87 bits per heavy atom. The summed E-state index contributed by atoms with van der Waals surface area (Å²) in [5, 5.41) is 0.386. The third-order valence-corrected chi connectivity index (χ3v) is 3.10. The van der Waals surface area contributed by atoms with Crippen molar-refractivity contribution in [2.75, 3.05) is 11.4 Å². The second-order valence-electron chi connectivity index (χ2n) is 3.67. The number of rotatable bonds is 1. The molecular weight excluding hydrogens is 214 g/mol. The van der Waals surface area contributed by atoms with Gasteiger partial charge in [0.1, 0.15) is 12.4 Å². The Morgan fingerprint density at radius 2 is 2.20 bits per heavy atom. The number of hydrogen-bond acceptors (Lipinski definition) is 4. The Hall–Kier alpha value is -1.03. The van der Waals surface area contributed by atoms with Crippen LogP contribution in [0.5, 0.6) is 5.75 Å². The smallest absolute Gasteiger partial charge is 0.199 e. The van der Waals surface area contributed by atoms with Crippen molar-refractivity contribution in [1.29, 1.82) is 0 Å². The monoisotopic (exact) mass is 227 g/mol. The number of aromatic nitrogens is 2. The molecular formula is C10H14ClN3O. The van der Waals surface area contributed by atoms with E-state index in [9.17, 15) is 0 Å². The first-order valence-electron chi connectivity index (χ1n) is 5.09. The molecule has 0 saturated carbocycles. The van der Waals surface area contributed by atoms with Crippen molar-refractivity contribution < 1.29 is 4.74 Å². The molecule has 0 amide bonds. The maximum absolute atomic E-state index is 5.97. The summed E-state index contributed by atoms with van der Waals surface area (Å²) in [5.74, 6) is 1.40. The first kappa shape index (κ1) is 10.5. The summed E-state index contributed by atoms with van der Waals surface area (Å²) in [4.78, 5) is 10.3. The largest absolute Gasteiger partial charge is 0.482 e. The fourth-order valence-corrected chi connectivity index (χ4v) is 1.99. The van der Waals surface area contributed by atoms with Crippen molar-refractivity contribution in [2.24, 2.45) is 0 Å². The molecule has 0 saturated heterocycles. The molecule has 4 nitrogen and oxygen atoms in total. The minimum absolute atomic E-state index is 0.0981. The van der Waals surface area contributed by atoms with Crippen LogP contribution < -0.4 is 9.64 Å². The average molecular weight is 228 g/mol. The van der Waals surface area contributed by atoms with Crippen molar-refractivity contribution in [1.82, 2.24) is 9.97 Å². The second kappa shape index (κ2) is 3.85. The van der Waals surface area contributed by atoms with Gasteiger partial charge in [0.15, 0.2) is 16.7 Å². The quantitative estimate of drug-likeness (QED) is 0.689. The van der Waals surface area contributed by atoms with Gasteiger partial charge in [0.05, 0.1) is 6.04 Å². The van der Waals surface area contributed by atoms with Gasteiger partial charge in [-0.25, -0.2) is 9.97 Å². The van der Waals surface area contributed by atoms with Crippen LogP contribution in [0.2, 0.25) is 5.15 Å². The van der Waals surface area contributed by atoms with Crippen LogP contribution in [0.3, 0.4) is 0 Å². The Labute approximate surface area is 94.2 Å². The van der Waals surface area contributed by atoms with Crippen molar-refractivity contribution in [3.63, 3.8) is 0 Å². The fraction of sp³-hybridized carbons (Fsp3) is 0.600. The topological polar surface area (TPSA) is 38.2 Å². The molecule has 0 N–H and O–H groups in total. The molecule has 1 aromatic heterocycles. The van der Waals surface area contributed by atoms with Gasteiger partial charge in [0, 0.05) is 6.54 Å². The lowest BCUT2D eigenvalue weighted by Crippen LogP contribution is -2.47. The Morgan fingerprint density at radius 1 is 1.47 bits per heavy atom. The minimum atomic E-state index is 0.0981. The molecule has 2 heterocycles. The summed E-state index contributed by atoms with van der Waals surface area (Å²) in [6.45, 7) is 7.12. The number of nitrogens with zero attached hydrogens (tertiary/aromatic N) is 3. The Balaban J connectivity index is 2.49. The van der Waals surface area contributed by atoms with Gasteiger partial charge < -0.3 is 9.64 Å². The lowest BCUT2D eigenvalue weighted by molar-refractivity contribution is 0.174. The van der Waals surface area contributed by atoms with E-state index in [-0.39, 0.29) is 6.10 Å². The number of fused-ring (bicyclic) bond motifs is 1. The van der Waals surface area contributed by atoms with E-state index in [1.54, 1.807) is 0 Å². The van der Waals surface area contributed by atoms with Crippen LogP contribution in [0.4, 0.5) is 5.82 Å². The van der Waals surface area contributed by atoms with Gasteiger partial charge in [-0.1, -0.05) is 11.6 Å². The van der Waals surface area contributed by atoms with Crippen molar-refractivity contribution in [3.05, 3.63) is 11.5 Å². The van der Waals surface area contributed by atoms with Crippen LogP contribution in [-0.2, 0) is 0 Å². The highest BCUT2D eigenvalue weighted by molar-refractivity contribution is 6.31. The Bertz CT molecular complexity index is 372. The molecule has 2 atom stereocenters. The Kier molecular flexibility index (Phi) is 2.69. The first-order chi connectivity index (χ1) is 7.15. The molecule has 2 unspecified atom stereocenters. The molecule has 1 aliphatic heterocycles. The highest BCUT2D eigenvalue weighted by atomic mass is 35.5. The number of hydrogen-bond donors (Lipinski definition) is 0. The SMILES string of the molecule is CCN1c2ncnc(Cl)c2OC(C)C1C. The van der Waals surface area contributed by atoms with Gasteiger partial charge >= 0.3 is 0 Å². The molecule has 15 heavy (non-hydrogen) atoms. The zero-order chi connectivity index (χ0) is 11.0. The predicted molar refractivity (Wildman–Crippen MR) is 59.6 cm³/mol. The predicted octanol–water partition coefficient (Wildman–Crippen LogP) is 2.13. The molecule has 0 aliphatic carbocycles. The summed E-state index contributed by atoms with van der Waals surface area (Å²) in [5.41, 5.74) is 0. The number of halogens is 1. The molecule has 5 heteroatoms. The van der Waals surface area contributed by atoms with E-state index in [2.05, 4.69) is 28.7 Å². The van der Waals surface area contributed by atoms with E-state index in [1.165, 1.54) is 6.33 Å². The van der Waals surface area contributed by atoms with E-state index in [0.717, 1.165) is 12.4 Å². The van der Waals surface area contributed by atoms with E-state index in [4.69, 9.17) is 16.3 Å². The molecule has 0 aromatic carbocycles. The third-order valence-electron chi connectivity index (χ3n) is 2.83. The van der Waals surface area contributed by atoms with Gasteiger partial charge in [-0.15, -0.1) is 0 Å². The summed E-state index contributed by atoms with van der Waals surface area (Å²) in [7, 11) is 0. The standard InChI is InChI=1S/C10H14ClN3O/c1-4-14-6(2)7(3)15-8-9(11)12-5-13-10(8)14/h5-7H,4H2,1-3H3. The molecule has 0 bridgehead atoms. The zero-order valence-electron chi connectivity index (χ0n) is 9.07.